The van der Waals surface area contributed by atoms with Gasteiger partial charge in [0.05, 0.1) is 5.02 Å². The van der Waals surface area contributed by atoms with Crippen LogP contribution in [0, 0.1) is 0 Å². The second-order valence-corrected chi connectivity index (χ2v) is 5.01. The van der Waals surface area contributed by atoms with Gasteiger partial charge in [-0.2, -0.15) is 0 Å². The van der Waals surface area contributed by atoms with Crippen LogP contribution >= 0.6 is 23.2 Å². The highest BCUT2D eigenvalue weighted by atomic mass is 35.5. The van der Waals surface area contributed by atoms with Gasteiger partial charge in [0, 0.05) is 19.1 Å². The lowest BCUT2D eigenvalue weighted by Crippen LogP contribution is -2.47. The van der Waals surface area contributed by atoms with Crippen molar-refractivity contribution >= 4 is 29.1 Å². The summed E-state index contributed by atoms with van der Waals surface area (Å²) < 4.78 is 0. The molecule has 1 aromatic rings. The van der Waals surface area contributed by atoms with Crippen LogP contribution in [0.3, 0.4) is 0 Å². The van der Waals surface area contributed by atoms with Crippen molar-refractivity contribution in [3.05, 3.63) is 21.9 Å². The summed E-state index contributed by atoms with van der Waals surface area (Å²) in [4.78, 5) is 16.8. The number of carbonyl (C=O) groups excluding carboxylic acids is 1. The van der Waals surface area contributed by atoms with E-state index in [1.54, 1.807) is 6.07 Å². The highest BCUT2D eigenvalue weighted by molar-refractivity contribution is 6.41. The third-order valence-corrected chi connectivity index (χ3v) is 3.77. The van der Waals surface area contributed by atoms with Gasteiger partial charge in [-0.15, -0.1) is 0 Å². The van der Waals surface area contributed by atoms with Gasteiger partial charge in [0.2, 0.25) is 0 Å². The summed E-state index contributed by atoms with van der Waals surface area (Å²) in [6, 6.07) is 1.95. The van der Waals surface area contributed by atoms with Crippen LogP contribution in [0.2, 0.25) is 10.2 Å². The lowest BCUT2D eigenvalue weighted by atomic mass is 10.1. The standard InChI is InChI=1S/C11H15Cl2N3O/c1-14-7-3-2-4-16(6-7)11(17)9-5-8(12)10(13)15-9/h5,7,14-15H,2-4,6H2,1H3. The number of likely N-dealkylation sites (tertiary alicyclic amines) is 1. The van der Waals surface area contributed by atoms with Crippen molar-refractivity contribution in [2.24, 2.45) is 0 Å². The first-order chi connectivity index (χ1) is 8.11. The predicted octanol–water partition coefficient (Wildman–Crippen LogP) is 2.15. The molecule has 1 atom stereocenters. The average Bonchev–Trinajstić information content (AvgIpc) is 2.69. The van der Waals surface area contributed by atoms with E-state index in [1.807, 2.05) is 11.9 Å². The molecule has 2 N–H and O–H groups in total. The van der Waals surface area contributed by atoms with E-state index in [1.165, 1.54) is 0 Å². The maximum atomic E-state index is 12.2. The molecule has 6 heteroatoms. The molecule has 2 rings (SSSR count). The minimum Gasteiger partial charge on any atom is -0.340 e. The molecule has 0 bridgehead atoms. The van der Waals surface area contributed by atoms with Gasteiger partial charge in [-0.05, 0) is 26.0 Å². The Labute approximate surface area is 110 Å². The molecule has 1 fully saturated rings. The summed E-state index contributed by atoms with van der Waals surface area (Å²) in [7, 11) is 1.92. The fourth-order valence-electron chi connectivity index (χ4n) is 2.09. The molecule has 94 valence electrons. The quantitative estimate of drug-likeness (QED) is 0.869. The average molecular weight is 276 g/mol. The molecular formula is C11H15Cl2N3O. The molecule has 1 unspecified atom stereocenters. The number of likely N-dealkylation sites (N-methyl/N-ethyl adjacent to an activating group) is 1. The van der Waals surface area contributed by atoms with Crippen molar-refractivity contribution < 1.29 is 4.79 Å². The van der Waals surface area contributed by atoms with Crippen LogP contribution in [0.1, 0.15) is 23.3 Å². The van der Waals surface area contributed by atoms with Crippen molar-refractivity contribution in [1.82, 2.24) is 15.2 Å². The Balaban J connectivity index is 2.09. The van der Waals surface area contributed by atoms with Gasteiger partial charge in [-0.1, -0.05) is 23.2 Å². The number of nitrogens with zero attached hydrogens (tertiary/aromatic N) is 1. The summed E-state index contributed by atoms with van der Waals surface area (Å²) in [5, 5.41) is 3.90. The summed E-state index contributed by atoms with van der Waals surface area (Å²) in [5.74, 6) is -0.0428. The van der Waals surface area contributed by atoms with Crippen molar-refractivity contribution in [2.45, 2.75) is 18.9 Å². The highest BCUT2D eigenvalue weighted by Gasteiger charge is 2.24. The van der Waals surface area contributed by atoms with E-state index in [0.29, 0.717) is 21.9 Å². The molecule has 17 heavy (non-hydrogen) atoms. The summed E-state index contributed by atoms with van der Waals surface area (Å²) in [5.41, 5.74) is 0.455. The molecule has 2 heterocycles. The minimum absolute atomic E-state index is 0.0428. The second kappa shape index (κ2) is 5.29. The van der Waals surface area contributed by atoms with Gasteiger partial charge in [0.25, 0.3) is 5.91 Å². The molecule has 0 aliphatic carbocycles. The number of aromatic nitrogens is 1. The first-order valence-electron chi connectivity index (χ1n) is 5.62. The van der Waals surface area contributed by atoms with Crippen LogP contribution in [-0.4, -0.2) is 42.0 Å². The first-order valence-corrected chi connectivity index (χ1v) is 6.38. The number of amides is 1. The lowest BCUT2D eigenvalue weighted by molar-refractivity contribution is 0.0693. The maximum Gasteiger partial charge on any atom is 0.270 e. The molecule has 1 aliphatic rings. The topological polar surface area (TPSA) is 48.1 Å². The van der Waals surface area contributed by atoms with Crippen LogP contribution in [0.5, 0.6) is 0 Å². The molecule has 0 saturated carbocycles. The first kappa shape index (κ1) is 12.7. The van der Waals surface area contributed by atoms with E-state index in [0.717, 1.165) is 25.9 Å². The molecule has 0 radical (unpaired) electrons. The van der Waals surface area contributed by atoms with E-state index in [9.17, 15) is 4.79 Å². The number of carbonyl (C=O) groups is 1. The SMILES string of the molecule is CNC1CCCN(C(=O)c2cc(Cl)c(Cl)[nH]2)C1. The zero-order valence-electron chi connectivity index (χ0n) is 9.59. The van der Waals surface area contributed by atoms with E-state index in [4.69, 9.17) is 23.2 Å². The van der Waals surface area contributed by atoms with Crippen molar-refractivity contribution in [3.8, 4) is 0 Å². The Morgan fingerprint density at radius 2 is 2.35 bits per heavy atom. The number of hydrogen-bond donors (Lipinski definition) is 2. The fourth-order valence-corrected chi connectivity index (χ4v) is 2.40. The fraction of sp³-hybridized carbons (Fsp3) is 0.545. The summed E-state index contributed by atoms with van der Waals surface area (Å²) >= 11 is 11.6. The van der Waals surface area contributed by atoms with Crippen LogP contribution in [-0.2, 0) is 0 Å². The zero-order valence-corrected chi connectivity index (χ0v) is 11.1. The normalized spacial score (nSPS) is 20.6. The number of piperidine rings is 1. The van der Waals surface area contributed by atoms with Gasteiger partial charge >= 0.3 is 0 Å². The van der Waals surface area contributed by atoms with Crippen LogP contribution in [0.25, 0.3) is 0 Å². The van der Waals surface area contributed by atoms with Crippen molar-refractivity contribution in [3.63, 3.8) is 0 Å². The Morgan fingerprint density at radius 3 is 2.94 bits per heavy atom. The number of halogens is 2. The Bertz CT molecular complexity index is 399. The Kier molecular flexibility index (Phi) is 3.97. The molecular weight excluding hydrogens is 261 g/mol. The van der Waals surface area contributed by atoms with Crippen molar-refractivity contribution in [2.75, 3.05) is 20.1 Å². The summed E-state index contributed by atoms with van der Waals surface area (Å²) in [6.45, 7) is 1.51. The van der Waals surface area contributed by atoms with E-state index >= 15 is 0 Å². The number of H-pyrrole nitrogens is 1. The molecule has 0 spiro atoms. The maximum absolute atomic E-state index is 12.2. The van der Waals surface area contributed by atoms with Crippen LogP contribution < -0.4 is 5.32 Å². The number of aromatic amines is 1. The Hall–Kier alpha value is -0.710. The van der Waals surface area contributed by atoms with Gasteiger partial charge < -0.3 is 15.2 Å². The molecule has 1 amide bonds. The third kappa shape index (κ3) is 2.76. The minimum atomic E-state index is -0.0428. The highest BCUT2D eigenvalue weighted by Crippen LogP contribution is 2.23. The zero-order chi connectivity index (χ0) is 12.4. The molecule has 0 aromatic carbocycles. The van der Waals surface area contributed by atoms with Gasteiger partial charge in [0.1, 0.15) is 10.8 Å². The van der Waals surface area contributed by atoms with Gasteiger partial charge in [0.15, 0.2) is 0 Å². The monoisotopic (exact) mass is 275 g/mol. The van der Waals surface area contributed by atoms with Gasteiger partial charge in [-0.25, -0.2) is 0 Å². The van der Waals surface area contributed by atoms with Crippen LogP contribution in [0.15, 0.2) is 6.07 Å². The number of rotatable bonds is 2. The van der Waals surface area contributed by atoms with E-state index in [2.05, 4.69) is 10.3 Å². The smallest absolute Gasteiger partial charge is 0.270 e. The third-order valence-electron chi connectivity index (χ3n) is 3.07. The Morgan fingerprint density at radius 1 is 1.59 bits per heavy atom. The second-order valence-electron chi connectivity index (χ2n) is 4.22. The molecule has 1 aromatic heterocycles. The van der Waals surface area contributed by atoms with Crippen LogP contribution in [0.4, 0.5) is 0 Å². The number of hydrogen-bond acceptors (Lipinski definition) is 2. The molecule has 1 saturated heterocycles. The predicted molar refractivity (Wildman–Crippen MR) is 68.8 cm³/mol. The van der Waals surface area contributed by atoms with E-state index < -0.39 is 0 Å². The number of nitrogens with one attached hydrogen (secondary N) is 2. The lowest BCUT2D eigenvalue weighted by Gasteiger charge is -2.32. The molecule has 4 nitrogen and oxygen atoms in total. The largest absolute Gasteiger partial charge is 0.340 e. The van der Waals surface area contributed by atoms with Crippen molar-refractivity contribution in [1.29, 1.82) is 0 Å². The van der Waals surface area contributed by atoms with E-state index in [-0.39, 0.29) is 5.91 Å². The summed E-state index contributed by atoms with van der Waals surface area (Å²) in [6.07, 6.45) is 2.12. The van der Waals surface area contributed by atoms with Gasteiger partial charge in [-0.3, -0.25) is 4.79 Å². The molecule has 1 aliphatic heterocycles.